The van der Waals surface area contributed by atoms with Crippen LogP contribution < -0.4 is 5.32 Å². The SMILES string of the molecule is CC(C)C(C#N)CNc1ccccc1F. The number of benzene rings is 1. The zero-order chi connectivity index (χ0) is 11.3. The van der Waals surface area contributed by atoms with E-state index in [2.05, 4.69) is 11.4 Å². The van der Waals surface area contributed by atoms with Crippen LogP contribution in [-0.4, -0.2) is 6.54 Å². The Balaban J connectivity index is 2.58. The number of halogens is 1. The number of rotatable bonds is 4. The van der Waals surface area contributed by atoms with E-state index in [4.69, 9.17) is 5.26 Å². The lowest BCUT2D eigenvalue weighted by molar-refractivity contribution is 0.495. The lowest BCUT2D eigenvalue weighted by atomic mass is 9.97. The van der Waals surface area contributed by atoms with E-state index in [-0.39, 0.29) is 17.7 Å². The van der Waals surface area contributed by atoms with Crippen molar-refractivity contribution in [1.82, 2.24) is 0 Å². The van der Waals surface area contributed by atoms with Gasteiger partial charge in [-0.15, -0.1) is 0 Å². The summed E-state index contributed by atoms with van der Waals surface area (Å²) in [4.78, 5) is 0. The molecule has 1 rings (SSSR count). The van der Waals surface area contributed by atoms with E-state index < -0.39 is 0 Å². The molecule has 0 fully saturated rings. The molecule has 1 unspecified atom stereocenters. The number of anilines is 1. The van der Waals surface area contributed by atoms with E-state index in [1.807, 2.05) is 13.8 Å². The number of nitriles is 1. The van der Waals surface area contributed by atoms with Crippen molar-refractivity contribution in [2.75, 3.05) is 11.9 Å². The fourth-order valence-corrected chi connectivity index (χ4v) is 1.25. The zero-order valence-electron chi connectivity index (χ0n) is 9.00. The molecule has 1 aromatic rings. The molecule has 0 aliphatic heterocycles. The Kier molecular flexibility index (Phi) is 4.11. The van der Waals surface area contributed by atoms with Crippen molar-refractivity contribution >= 4 is 5.69 Å². The molecule has 1 N–H and O–H groups in total. The van der Waals surface area contributed by atoms with E-state index in [1.54, 1.807) is 18.2 Å². The smallest absolute Gasteiger partial charge is 0.146 e. The molecular formula is C12H15FN2. The minimum Gasteiger partial charge on any atom is -0.381 e. The summed E-state index contributed by atoms with van der Waals surface area (Å²) in [5, 5.41) is 11.8. The number of para-hydroxylation sites is 1. The third-order valence-corrected chi connectivity index (χ3v) is 2.36. The first kappa shape index (κ1) is 11.5. The molecule has 0 aliphatic rings. The Morgan fingerprint density at radius 2 is 2.07 bits per heavy atom. The average molecular weight is 206 g/mol. The third-order valence-electron chi connectivity index (χ3n) is 2.36. The van der Waals surface area contributed by atoms with Gasteiger partial charge in [0.15, 0.2) is 0 Å². The van der Waals surface area contributed by atoms with Gasteiger partial charge in [0.1, 0.15) is 5.82 Å². The van der Waals surface area contributed by atoms with Crippen LogP contribution in [0.5, 0.6) is 0 Å². The first-order chi connectivity index (χ1) is 7.15. The summed E-state index contributed by atoms with van der Waals surface area (Å²) in [7, 11) is 0. The molecule has 0 aliphatic carbocycles. The maximum Gasteiger partial charge on any atom is 0.146 e. The standard InChI is InChI=1S/C12H15FN2/c1-9(2)10(7-14)8-15-12-6-4-3-5-11(12)13/h3-6,9-10,15H,8H2,1-2H3. The maximum atomic E-state index is 13.2. The van der Waals surface area contributed by atoms with Crippen LogP contribution in [0.2, 0.25) is 0 Å². The lowest BCUT2D eigenvalue weighted by Crippen LogP contribution is -2.18. The van der Waals surface area contributed by atoms with Gasteiger partial charge in [0.25, 0.3) is 0 Å². The lowest BCUT2D eigenvalue weighted by Gasteiger charge is -2.14. The van der Waals surface area contributed by atoms with Crippen LogP contribution in [0.4, 0.5) is 10.1 Å². The molecular weight excluding hydrogens is 191 g/mol. The summed E-state index contributed by atoms with van der Waals surface area (Å²) in [6, 6.07) is 8.69. The Morgan fingerprint density at radius 1 is 1.40 bits per heavy atom. The van der Waals surface area contributed by atoms with Gasteiger partial charge < -0.3 is 5.32 Å². The summed E-state index contributed by atoms with van der Waals surface area (Å²) < 4.78 is 13.2. The van der Waals surface area contributed by atoms with E-state index in [9.17, 15) is 4.39 Å². The predicted molar refractivity (Wildman–Crippen MR) is 58.8 cm³/mol. The van der Waals surface area contributed by atoms with Crippen molar-refractivity contribution in [1.29, 1.82) is 5.26 Å². The molecule has 1 atom stereocenters. The van der Waals surface area contributed by atoms with Gasteiger partial charge in [0.2, 0.25) is 0 Å². The molecule has 0 saturated carbocycles. The summed E-state index contributed by atoms with van der Waals surface area (Å²) in [6.45, 7) is 4.45. The van der Waals surface area contributed by atoms with E-state index >= 15 is 0 Å². The second kappa shape index (κ2) is 5.35. The van der Waals surface area contributed by atoms with Crippen molar-refractivity contribution < 1.29 is 4.39 Å². The highest BCUT2D eigenvalue weighted by Gasteiger charge is 2.12. The van der Waals surface area contributed by atoms with Crippen LogP contribution in [0.25, 0.3) is 0 Å². The van der Waals surface area contributed by atoms with Crippen molar-refractivity contribution in [2.24, 2.45) is 11.8 Å². The van der Waals surface area contributed by atoms with Gasteiger partial charge >= 0.3 is 0 Å². The summed E-state index contributed by atoms with van der Waals surface area (Å²) in [6.07, 6.45) is 0. The molecule has 2 nitrogen and oxygen atoms in total. The van der Waals surface area contributed by atoms with Crippen molar-refractivity contribution in [2.45, 2.75) is 13.8 Å². The summed E-state index contributed by atoms with van der Waals surface area (Å²) in [5.74, 6) is -0.100. The number of hydrogen-bond donors (Lipinski definition) is 1. The van der Waals surface area contributed by atoms with Crippen LogP contribution in [0.1, 0.15) is 13.8 Å². The predicted octanol–water partition coefficient (Wildman–Crippen LogP) is 3.03. The summed E-state index contributed by atoms with van der Waals surface area (Å²) in [5.41, 5.74) is 0.457. The van der Waals surface area contributed by atoms with Crippen LogP contribution >= 0.6 is 0 Å². The molecule has 0 bridgehead atoms. The summed E-state index contributed by atoms with van der Waals surface area (Å²) >= 11 is 0. The van der Waals surface area contributed by atoms with Gasteiger partial charge in [-0.25, -0.2) is 4.39 Å². The fourth-order valence-electron chi connectivity index (χ4n) is 1.25. The largest absolute Gasteiger partial charge is 0.381 e. The van der Waals surface area contributed by atoms with Gasteiger partial charge in [-0.3, -0.25) is 0 Å². The van der Waals surface area contributed by atoms with Crippen LogP contribution in [0, 0.1) is 29.0 Å². The Bertz CT molecular complexity index is 355. The van der Waals surface area contributed by atoms with E-state index in [0.717, 1.165) is 0 Å². The molecule has 0 heterocycles. The van der Waals surface area contributed by atoms with E-state index in [0.29, 0.717) is 12.2 Å². The van der Waals surface area contributed by atoms with Crippen LogP contribution in [0.3, 0.4) is 0 Å². The topological polar surface area (TPSA) is 35.8 Å². The van der Waals surface area contributed by atoms with Crippen molar-refractivity contribution in [3.8, 4) is 6.07 Å². The Labute approximate surface area is 89.7 Å². The first-order valence-corrected chi connectivity index (χ1v) is 5.03. The average Bonchev–Trinajstić information content (AvgIpc) is 2.21. The quantitative estimate of drug-likeness (QED) is 0.821. The van der Waals surface area contributed by atoms with Gasteiger partial charge in [-0.2, -0.15) is 5.26 Å². The number of nitrogens with zero attached hydrogens (tertiary/aromatic N) is 1. The first-order valence-electron chi connectivity index (χ1n) is 5.03. The molecule has 0 aromatic heterocycles. The van der Waals surface area contributed by atoms with Gasteiger partial charge in [-0.1, -0.05) is 26.0 Å². The van der Waals surface area contributed by atoms with Gasteiger partial charge in [0.05, 0.1) is 17.7 Å². The molecule has 0 radical (unpaired) electrons. The molecule has 80 valence electrons. The fraction of sp³-hybridized carbons (Fsp3) is 0.417. The minimum absolute atomic E-state index is 0.0930. The Hall–Kier alpha value is -1.56. The number of nitrogens with one attached hydrogen (secondary N) is 1. The second-order valence-electron chi connectivity index (χ2n) is 3.84. The number of hydrogen-bond acceptors (Lipinski definition) is 2. The molecule has 1 aromatic carbocycles. The van der Waals surface area contributed by atoms with Crippen molar-refractivity contribution in [3.63, 3.8) is 0 Å². The second-order valence-corrected chi connectivity index (χ2v) is 3.84. The normalized spacial score (nSPS) is 12.2. The highest BCUT2D eigenvalue weighted by Crippen LogP contribution is 2.15. The molecule has 0 amide bonds. The highest BCUT2D eigenvalue weighted by atomic mass is 19.1. The highest BCUT2D eigenvalue weighted by molar-refractivity contribution is 5.44. The molecule has 0 saturated heterocycles. The van der Waals surface area contributed by atoms with Gasteiger partial charge in [0, 0.05) is 6.54 Å². The van der Waals surface area contributed by atoms with Gasteiger partial charge in [-0.05, 0) is 18.1 Å². The van der Waals surface area contributed by atoms with E-state index in [1.165, 1.54) is 6.07 Å². The zero-order valence-corrected chi connectivity index (χ0v) is 9.00. The monoisotopic (exact) mass is 206 g/mol. The molecule has 15 heavy (non-hydrogen) atoms. The Morgan fingerprint density at radius 3 is 2.60 bits per heavy atom. The van der Waals surface area contributed by atoms with Crippen LogP contribution in [-0.2, 0) is 0 Å². The van der Waals surface area contributed by atoms with Crippen LogP contribution in [0.15, 0.2) is 24.3 Å². The van der Waals surface area contributed by atoms with Crippen molar-refractivity contribution in [3.05, 3.63) is 30.1 Å². The molecule has 0 spiro atoms. The third kappa shape index (κ3) is 3.25. The maximum absolute atomic E-state index is 13.2. The minimum atomic E-state index is -0.280. The molecule has 3 heteroatoms.